The molecule has 188 valence electrons. The molecule has 1 heterocycles. The van der Waals surface area contributed by atoms with Gasteiger partial charge in [0.1, 0.15) is 17.7 Å². The average Bonchev–Trinajstić information content (AvgIpc) is 3.46. The standard InChI is InChI=1S/C27H24F3N3O2.CH4/c1-16(32-26(34)27(2)11-12-27)25(17-3-9-22(29)23(30)14-17)35-21-8-10-24-18(13-21)15-31-33(24)20-6-4-19(28)5-7-20;/h3-10,13-16,25H,11-12H2,1-2H3,(H,32,34);1H4/t16-,25-;/m0./s1. The van der Waals surface area contributed by atoms with Crippen molar-refractivity contribution in [2.24, 2.45) is 5.41 Å². The Morgan fingerprint density at radius 3 is 2.42 bits per heavy atom. The lowest BCUT2D eigenvalue weighted by Gasteiger charge is -2.27. The Morgan fingerprint density at radius 2 is 1.75 bits per heavy atom. The lowest BCUT2D eigenvalue weighted by Crippen LogP contribution is -2.42. The summed E-state index contributed by atoms with van der Waals surface area (Å²) in [6, 6.07) is 14.4. The number of nitrogens with one attached hydrogen (secondary N) is 1. The molecule has 0 unspecified atom stereocenters. The van der Waals surface area contributed by atoms with Gasteiger partial charge in [-0.3, -0.25) is 4.79 Å². The van der Waals surface area contributed by atoms with Crippen LogP contribution in [-0.2, 0) is 4.79 Å². The van der Waals surface area contributed by atoms with Crippen molar-refractivity contribution >= 4 is 16.8 Å². The van der Waals surface area contributed by atoms with E-state index in [-0.39, 0.29) is 24.6 Å². The van der Waals surface area contributed by atoms with E-state index in [0.29, 0.717) is 17.0 Å². The lowest BCUT2D eigenvalue weighted by atomic mass is 10.0. The van der Waals surface area contributed by atoms with Gasteiger partial charge >= 0.3 is 0 Å². The van der Waals surface area contributed by atoms with Gasteiger partial charge in [0.15, 0.2) is 11.6 Å². The second-order valence-corrected chi connectivity index (χ2v) is 9.29. The Bertz CT molecular complexity index is 1400. The summed E-state index contributed by atoms with van der Waals surface area (Å²) in [5, 5.41) is 8.15. The van der Waals surface area contributed by atoms with E-state index in [0.717, 1.165) is 35.9 Å². The largest absolute Gasteiger partial charge is 0.484 e. The number of carbonyl (C=O) groups excluding carboxylic acids is 1. The zero-order valence-corrected chi connectivity index (χ0v) is 19.3. The van der Waals surface area contributed by atoms with Gasteiger partial charge in [-0.1, -0.05) is 20.4 Å². The van der Waals surface area contributed by atoms with Crippen LogP contribution in [0.2, 0.25) is 0 Å². The van der Waals surface area contributed by atoms with Gasteiger partial charge in [-0.2, -0.15) is 5.10 Å². The van der Waals surface area contributed by atoms with Gasteiger partial charge in [-0.05, 0) is 79.9 Å². The summed E-state index contributed by atoms with van der Waals surface area (Å²) in [6.07, 6.45) is 2.53. The molecule has 1 aliphatic carbocycles. The fourth-order valence-corrected chi connectivity index (χ4v) is 4.04. The Morgan fingerprint density at radius 1 is 1.03 bits per heavy atom. The summed E-state index contributed by atoms with van der Waals surface area (Å²) in [5.41, 5.74) is 1.51. The van der Waals surface area contributed by atoms with E-state index >= 15 is 0 Å². The quantitative estimate of drug-likeness (QED) is 0.318. The highest BCUT2D eigenvalue weighted by molar-refractivity contribution is 5.85. The van der Waals surface area contributed by atoms with Crippen molar-refractivity contribution in [2.45, 2.75) is 46.3 Å². The molecule has 1 amide bonds. The van der Waals surface area contributed by atoms with Crippen LogP contribution < -0.4 is 10.1 Å². The molecule has 0 spiro atoms. The predicted octanol–water partition coefficient (Wildman–Crippen LogP) is 6.50. The zero-order chi connectivity index (χ0) is 24.7. The van der Waals surface area contributed by atoms with Crippen LogP contribution in [0.3, 0.4) is 0 Å². The third-order valence-corrected chi connectivity index (χ3v) is 6.51. The van der Waals surface area contributed by atoms with Crippen molar-refractivity contribution in [2.75, 3.05) is 0 Å². The summed E-state index contributed by atoms with van der Waals surface area (Å²) in [4.78, 5) is 12.6. The van der Waals surface area contributed by atoms with E-state index in [1.807, 2.05) is 13.0 Å². The van der Waals surface area contributed by atoms with Crippen molar-refractivity contribution in [3.8, 4) is 11.4 Å². The Kier molecular flexibility index (Phi) is 6.80. The van der Waals surface area contributed by atoms with Crippen molar-refractivity contribution in [1.82, 2.24) is 15.1 Å². The van der Waals surface area contributed by atoms with E-state index in [4.69, 9.17) is 4.74 Å². The van der Waals surface area contributed by atoms with Gasteiger partial charge in [0.05, 0.1) is 23.4 Å². The molecule has 8 heteroatoms. The summed E-state index contributed by atoms with van der Waals surface area (Å²) >= 11 is 0. The highest BCUT2D eigenvalue weighted by Gasteiger charge is 2.45. The first-order valence-corrected chi connectivity index (χ1v) is 11.4. The molecular formula is C28H28F3N3O2. The minimum atomic E-state index is -0.986. The number of fused-ring (bicyclic) bond motifs is 1. The lowest BCUT2D eigenvalue weighted by molar-refractivity contribution is -0.127. The zero-order valence-electron chi connectivity index (χ0n) is 19.3. The van der Waals surface area contributed by atoms with Gasteiger partial charge in [-0.25, -0.2) is 17.9 Å². The number of nitrogens with zero attached hydrogens (tertiary/aromatic N) is 2. The third-order valence-electron chi connectivity index (χ3n) is 6.51. The molecule has 1 fully saturated rings. The van der Waals surface area contributed by atoms with E-state index in [9.17, 15) is 18.0 Å². The molecule has 1 N–H and O–H groups in total. The molecule has 5 nitrogen and oxygen atoms in total. The van der Waals surface area contributed by atoms with Crippen LogP contribution in [0, 0.1) is 22.9 Å². The first-order chi connectivity index (χ1) is 16.7. The maximum Gasteiger partial charge on any atom is 0.226 e. The number of aromatic nitrogens is 2. The van der Waals surface area contributed by atoms with Crippen LogP contribution in [0.15, 0.2) is 66.9 Å². The molecule has 0 saturated heterocycles. The van der Waals surface area contributed by atoms with E-state index < -0.39 is 23.8 Å². The first kappa shape index (κ1) is 25.3. The summed E-state index contributed by atoms with van der Waals surface area (Å²) in [7, 11) is 0. The Hall–Kier alpha value is -3.81. The van der Waals surface area contributed by atoms with Crippen LogP contribution >= 0.6 is 0 Å². The predicted molar refractivity (Wildman–Crippen MR) is 132 cm³/mol. The number of halogens is 3. The SMILES string of the molecule is C.C[C@H](NC(=O)C1(C)CC1)[C@H](Oc1ccc2c(cnn2-c2ccc(F)cc2)c1)c1ccc(F)c(F)c1. The van der Waals surface area contributed by atoms with Crippen LogP contribution in [-0.4, -0.2) is 21.7 Å². The van der Waals surface area contributed by atoms with Crippen molar-refractivity contribution in [3.63, 3.8) is 0 Å². The Balaban J connectivity index is 0.00000304. The average molecular weight is 496 g/mol. The second-order valence-electron chi connectivity index (χ2n) is 9.29. The molecule has 0 aliphatic heterocycles. The van der Waals surface area contributed by atoms with Gasteiger partial charge in [0, 0.05) is 10.8 Å². The third kappa shape index (κ3) is 4.94. The first-order valence-electron chi connectivity index (χ1n) is 11.4. The number of carbonyl (C=O) groups is 1. The highest BCUT2D eigenvalue weighted by atomic mass is 19.2. The number of benzene rings is 3. The fourth-order valence-electron chi connectivity index (χ4n) is 4.04. The van der Waals surface area contributed by atoms with Gasteiger partial charge < -0.3 is 10.1 Å². The molecule has 36 heavy (non-hydrogen) atoms. The summed E-state index contributed by atoms with van der Waals surface area (Å²) < 4.78 is 48.9. The molecular weight excluding hydrogens is 467 g/mol. The summed E-state index contributed by atoms with van der Waals surface area (Å²) in [6.45, 7) is 3.68. The number of amides is 1. The Labute approximate surface area is 207 Å². The molecule has 2 atom stereocenters. The maximum absolute atomic E-state index is 14.0. The normalized spacial score (nSPS) is 15.6. The number of rotatable bonds is 7. The van der Waals surface area contributed by atoms with E-state index in [1.165, 1.54) is 18.2 Å². The number of hydrogen-bond donors (Lipinski definition) is 1. The van der Waals surface area contributed by atoms with E-state index in [1.54, 1.807) is 42.1 Å². The highest BCUT2D eigenvalue weighted by Crippen LogP contribution is 2.45. The number of hydrogen-bond acceptors (Lipinski definition) is 3. The van der Waals surface area contributed by atoms with Crippen LogP contribution in [0.5, 0.6) is 5.75 Å². The summed E-state index contributed by atoms with van der Waals surface area (Å²) in [5.74, 6) is -1.88. The monoisotopic (exact) mass is 495 g/mol. The smallest absolute Gasteiger partial charge is 0.226 e. The van der Waals surface area contributed by atoms with Crippen molar-refractivity contribution in [1.29, 1.82) is 0 Å². The molecule has 3 aromatic carbocycles. The molecule has 0 radical (unpaired) electrons. The van der Waals surface area contributed by atoms with E-state index in [2.05, 4.69) is 10.4 Å². The topological polar surface area (TPSA) is 56.1 Å². The molecule has 5 rings (SSSR count). The molecule has 4 aromatic rings. The van der Waals surface area contributed by atoms with Gasteiger partial charge in [-0.15, -0.1) is 0 Å². The van der Waals surface area contributed by atoms with Crippen LogP contribution in [0.25, 0.3) is 16.6 Å². The van der Waals surface area contributed by atoms with Crippen LogP contribution in [0.4, 0.5) is 13.2 Å². The molecule has 1 aromatic heterocycles. The van der Waals surface area contributed by atoms with Crippen molar-refractivity contribution in [3.05, 3.63) is 89.9 Å². The van der Waals surface area contributed by atoms with Gasteiger partial charge in [0.2, 0.25) is 5.91 Å². The minimum Gasteiger partial charge on any atom is -0.484 e. The molecule has 0 bridgehead atoms. The molecule has 1 aliphatic rings. The molecule has 1 saturated carbocycles. The number of ether oxygens (including phenoxy) is 1. The maximum atomic E-state index is 14.0. The second kappa shape index (κ2) is 9.68. The van der Waals surface area contributed by atoms with Crippen molar-refractivity contribution < 1.29 is 22.7 Å². The van der Waals surface area contributed by atoms with Crippen LogP contribution in [0.1, 0.15) is 45.8 Å². The fraction of sp³-hybridized carbons (Fsp3) is 0.286. The van der Waals surface area contributed by atoms with Gasteiger partial charge in [0.25, 0.3) is 0 Å². The minimum absolute atomic E-state index is 0.